The van der Waals surface area contributed by atoms with Crippen LogP contribution in [0.5, 0.6) is 0 Å². The van der Waals surface area contributed by atoms with E-state index in [0.717, 1.165) is 0 Å². The van der Waals surface area contributed by atoms with E-state index in [0.29, 0.717) is 13.2 Å². The van der Waals surface area contributed by atoms with Crippen molar-refractivity contribution in [1.82, 2.24) is 0 Å². The molecule has 1 rings (SSSR count). The molecule has 1 aliphatic rings. The number of carbonyl (C=O) groups excluding carboxylic acids is 1. The van der Waals surface area contributed by atoms with Gasteiger partial charge in [0.2, 0.25) is 0 Å². The van der Waals surface area contributed by atoms with E-state index < -0.39 is 0 Å². The first-order chi connectivity index (χ1) is 4.70. The third kappa shape index (κ3) is 1.85. The van der Waals surface area contributed by atoms with E-state index in [1.54, 1.807) is 0 Å². The highest BCUT2D eigenvalue weighted by molar-refractivity contribution is 6.21. The van der Waals surface area contributed by atoms with Crippen LogP contribution >= 0.6 is 11.6 Å². The predicted molar refractivity (Wildman–Crippen MR) is 36.0 cm³/mol. The summed E-state index contributed by atoms with van der Waals surface area (Å²) in [5.74, 6) is -0.304. The van der Waals surface area contributed by atoms with E-state index in [9.17, 15) is 4.79 Å². The van der Waals surface area contributed by atoms with Crippen LogP contribution in [0.1, 0.15) is 6.92 Å². The normalized spacial score (nSPS) is 32.2. The van der Waals surface area contributed by atoms with Gasteiger partial charge < -0.3 is 9.47 Å². The molecule has 0 aromatic heterocycles. The molecule has 0 amide bonds. The SMILES string of the molecule is CC(=O)O[C@H]1COC[C@@H]1Cl. The first-order valence-electron chi connectivity index (χ1n) is 3.09. The van der Waals surface area contributed by atoms with Crippen molar-refractivity contribution >= 4 is 17.6 Å². The van der Waals surface area contributed by atoms with Crippen LogP contribution in [-0.4, -0.2) is 30.7 Å². The number of ether oxygens (including phenoxy) is 2. The maximum absolute atomic E-state index is 10.4. The Hall–Kier alpha value is -0.280. The summed E-state index contributed by atoms with van der Waals surface area (Å²) in [4.78, 5) is 10.4. The van der Waals surface area contributed by atoms with Gasteiger partial charge in [-0.3, -0.25) is 4.79 Å². The molecule has 1 heterocycles. The maximum Gasteiger partial charge on any atom is 0.303 e. The lowest BCUT2D eigenvalue weighted by molar-refractivity contribution is -0.146. The van der Waals surface area contributed by atoms with E-state index in [2.05, 4.69) is 0 Å². The fourth-order valence-corrected chi connectivity index (χ4v) is 1.04. The second-order valence-corrected chi connectivity index (χ2v) is 2.76. The van der Waals surface area contributed by atoms with Crippen LogP contribution < -0.4 is 0 Å². The highest BCUT2D eigenvalue weighted by Gasteiger charge is 2.28. The summed E-state index contributed by atoms with van der Waals surface area (Å²) < 4.78 is 9.79. The molecule has 0 aromatic rings. The van der Waals surface area contributed by atoms with Gasteiger partial charge in [0.25, 0.3) is 0 Å². The number of rotatable bonds is 1. The molecule has 0 saturated carbocycles. The van der Waals surface area contributed by atoms with Crippen molar-refractivity contribution in [2.75, 3.05) is 13.2 Å². The summed E-state index contributed by atoms with van der Waals surface area (Å²) in [6, 6.07) is 0. The van der Waals surface area contributed by atoms with Gasteiger partial charge in [-0.2, -0.15) is 0 Å². The van der Waals surface area contributed by atoms with E-state index >= 15 is 0 Å². The van der Waals surface area contributed by atoms with E-state index in [1.165, 1.54) is 6.92 Å². The average molecular weight is 165 g/mol. The Balaban J connectivity index is 2.33. The van der Waals surface area contributed by atoms with Crippen molar-refractivity contribution in [1.29, 1.82) is 0 Å². The minimum absolute atomic E-state index is 0.177. The zero-order valence-electron chi connectivity index (χ0n) is 5.67. The minimum Gasteiger partial charge on any atom is -0.458 e. The van der Waals surface area contributed by atoms with Gasteiger partial charge >= 0.3 is 5.97 Å². The van der Waals surface area contributed by atoms with Gasteiger partial charge in [-0.1, -0.05) is 0 Å². The lowest BCUT2D eigenvalue weighted by atomic mass is 10.3. The molecule has 2 atom stereocenters. The van der Waals surface area contributed by atoms with Crippen LogP contribution in [0.2, 0.25) is 0 Å². The number of hydrogen-bond acceptors (Lipinski definition) is 3. The number of hydrogen-bond donors (Lipinski definition) is 0. The number of carbonyl (C=O) groups is 1. The van der Waals surface area contributed by atoms with Crippen LogP contribution in [0, 0.1) is 0 Å². The Morgan fingerprint density at radius 2 is 2.40 bits per heavy atom. The summed E-state index contributed by atoms with van der Waals surface area (Å²) in [7, 11) is 0. The lowest BCUT2D eigenvalue weighted by Gasteiger charge is -2.10. The largest absolute Gasteiger partial charge is 0.458 e. The van der Waals surface area contributed by atoms with E-state index in [1.807, 2.05) is 0 Å². The zero-order valence-corrected chi connectivity index (χ0v) is 6.43. The maximum atomic E-state index is 10.4. The van der Waals surface area contributed by atoms with Gasteiger partial charge in [0.1, 0.15) is 6.10 Å². The van der Waals surface area contributed by atoms with Crippen molar-refractivity contribution in [3.63, 3.8) is 0 Å². The smallest absolute Gasteiger partial charge is 0.303 e. The molecular weight excluding hydrogens is 156 g/mol. The van der Waals surface area contributed by atoms with Crippen LogP contribution in [-0.2, 0) is 14.3 Å². The lowest BCUT2D eigenvalue weighted by Crippen LogP contribution is -2.24. The molecule has 1 aliphatic heterocycles. The molecule has 0 N–H and O–H groups in total. The molecule has 58 valence electrons. The molecule has 0 spiro atoms. The number of halogens is 1. The molecule has 1 fully saturated rings. The van der Waals surface area contributed by atoms with Crippen LogP contribution in [0.25, 0.3) is 0 Å². The molecule has 4 heteroatoms. The Morgan fingerprint density at radius 3 is 2.80 bits per heavy atom. The third-order valence-electron chi connectivity index (χ3n) is 1.28. The zero-order chi connectivity index (χ0) is 7.56. The van der Waals surface area contributed by atoms with Crippen molar-refractivity contribution in [3.8, 4) is 0 Å². The molecule has 1 saturated heterocycles. The molecule has 0 aromatic carbocycles. The van der Waals surface area contributed by atoms with Crippen LogP contribution in [0.4, 0.5) is 0 Å². The summed E-state index contributed by atoms with van der Waals surface area (Å²) in [6.07, 6.45) is -0.251. The Bertz CT molecular complexity index is 137. The van der Waals surface area contributed by atoms with Crippen LogP contribution in [0.15, 0.2) is 0 Å². The average Bonchev–Trinajstić information content (AvgIpc) is 2.15. The van der Waals surface area contributed by atoms with Crippen molar-refractivity contribution in [3.05, 3.63) is 0 Å². The van der Waals surface area contributed by atoms with Gasteiger partial charge in [-0.15, -0.1) is 11.6 Å². The van der Waals surface area contributed by atoms with Gasteiger partial charge in [-0.05, 0) is 0 Å². The summed E-state index contributed by atoms with van der Waals surface area (Å²) in [5.41, 5.74) is 0. The number of alkyl halides is 1. The highest BCUT2D eigenvalue weighted by Crippen LogP contribution is 2.15. The standard InChI is InChI=1S/C6H9ClO3/c1-4(8)10-6-3-9-2-5(6)7/h5-6H,2-3H2,1H3/t5-,6-/m0/s1. The summed E-state index contributed by atoms with van der Waals surface area (Å²) in [6.45, 7) is 2.26. The van der Waals surface area contributed by atoms with Gasteiger partial charge in [0.15, 0.2) is 0 Å². The second-order valence-electron chi connectivity index (χ2n) is 2.20. The minimum atomic E-state index is -0.304. The molecule has 3 nitrogen and oxygen atoms in total. The molecule has 0 unspecified atom stereocenters. The Labute approximate surface area is 64.3 Å². The molecule has 0 bridgehead atoms. The van der Waals surface area contributed by atoms with Crippen molar-refractivity contribution in [2.24, 2.45) is 0 Å². The highest BCUT2D eigenvalue weighted by atomic mass is 35.5. The van der Waals surface area contributed by atoms with Gasteiger partial charge in [0.05, 0.1) is 18.6 Å². The molecule has 0 radical (unpaired) electrons. The second kappa shape index (κ2) is 3.21. The monoisotopic (exact) mass is 164 g/mol. The number of esters is 1. The fraction of sp³-hybridized carbons (Fsp3) is 0.833. The van der Waals surface area contributed by atoms with E-state index in [-0.39, 0.29) is 17.5 Å². The third-order valence-corrected chi connectivity index (χ3v) is 1.69. The van der Waals surface area contributed by atoms with Gasteiger partial charge in [-0.25, -0.2) is 0 Å². The first kappa shape index (κ1) is 7.82. The first-order valence-corrected chi connectivity index (χ1v) is 3.53. The summed E-state index contributed by atoms with van der Waals surface area (Å²) in [5, 5.41) is -0.177. The topological polar surface area (TPSA) is 35.5 Å². The van der Waals surface area contributed by atoms with Crippen LogP contribution in [0.3, 0.4) is 0 Å². The molecule has 0 aliphatic carbocycles. The summed E-state index contributed by atoms with van der Waals surface area (Å²) >= 11 is 5.72. The van der Waals surface area contributed by atoms with Crippen molar-refractivity contribution < 1.29 is 14.3 Å². The van der Waals surface area contributed by atoms with Gasteiger partial charge in [0, 0.05) is 6.92 Å². The molecule has 10 heavy (non-hydrogen) atoms. The Morgan fingerprint density at radius 1 is 1.70 bits per heavy atom. The quantitative estimate of drug-likeness (QED) is 0.420. The van der Waals surface area contributed by atoms with Crippen molar-refractivity contribution in [2.45, 2.75) is 18.4 Å². The fourth-order valence-electron chi connectivity index (χ4n) is 0.830. The predicted octanol–water partition coefficient (Wildman–Crippen LogP) is 0.556. The molecular formula is C6H9ClO3. The van der Waals surface area contributed by atoms with E-state index in [4.69, 9.17) is 21.1 Å². The Kier molecular flexibility index (Phi) is 2.51.